The van der Waals surface area contributed by atoms with E-state index >= 15 is 0 Å². The predicted octanol–water partition coefficient (Wildman–Crippen LogP) is 4.19. The van der Waals surface area contributed by atoms with Gasteiger partial charge in [0.1, 0.15) is 12.1 Å². The number of aromatic nitrogens is 3. The van der Waals surface area contributed by atoms with E-state index in [1.165, 1.54) is 30.2 Å². The molecule has 0 unspecified atom stereocenters. The topological polar surface area (TPSA) is 89.4 Å². The van der Waals surface area contributed by atoms with Crippen molar-refractivity contribution in [2.75, 3.05) is 24.4 Å². The van der Waals surface area contributed by atoms with Crippen molar-refractivity contribution in [3.05, 3.63) is 72.4 Å². The minimum atomic E-state index is -0.496. The third-order valence-corrected chi connectivity index (χ3v) is 5.85. The fraction of sp³-hybridized carbons (Fsp3) is 0.200. The number of pyridine rings is 1. The Kier molecular flexibility index (Phi) is 5.45. The third-order valence-electron chi connectivity index (χ3n) is 5.85. The number of methoxy groups -OCH3 is 1. The summed E-state index contributed by atoms with van der Waals surface area (Å²) in [5.74, 6) is -0.0977. The molecule has 8 nitrogen and oxygen atoms in total. The smallest absolute Gasteiger partial charge is 0.258 e. The number of ether oxygens (including phenoxy) is 1. The second-order valence-corrected chi connectivity index (χ2v) is 8.17. The Labute approximate surface area is 195 Å². The summed E-state index contributed by atoms with van der Waals surface area (Å²) in [5, 5.41) is 2.82. The van der Waals surface area contributed by atoms with Crippen LogP contribution in [0.3, 0.4) is 0 Å². The number of carbonyl (C=O) groups excluding carboxylic acids is 2. The average molecular weight is 459 g/mol. The zero-order valence-corrected chi connectivity index (χ0v) is 18.7. The van der Waals surface area contributed by atoms with E-state index in [1.54, 1.807) is 43.8 Å². The largest absolute Gasteiger partial charge is 0.494 e. The molecule has 0 saturated heterocycles. The molecule has 0 spiro atoms. The molecule has 0 aliphatic heterocycles. The first-order chi connectivity index (χ1) is 16.4. The number of fused-ring (bicyclic) bond motifs is 1. The summed E-state index contributed by atoms with van der Waals surface area (Å²) in [5.41, 5.74) is 3.14. The van der Waals surface area contributed by atoms with E-state index in [2.05, 4.69) is 15.3 Å². The van der Waals surface area contributed by atoms with Crippen molar-refractivity contribution in [3.8, 4) is 11.4 Å². The Hall–Kier alpha value is -4.27. The van der Waals surface area contributed by atoms with Crippen molar-refractivity contribution < 1.29 is 18.7 Å². The number of imidazole rings is 1. The fourth-order valence-corrected chi connectivity index (χ4v) is 3.69. The van der Waals surface area contributed by atoms with Crippen LogP contribution in [-0.2, 0) is 4.79 Å². The number of hydrogen-bond acceptors (Lipinski definition) is 5. The van der Waals surface area contributed by atoms with Gasteiger partial charge in [-0.3, -0.25) is 14.2 Å². The summed E-state index contributed by atoms with van der Waals surface area (Å²) in [7, 11) is 3.00. The van der Waals surface area contributed by atoms with Gasteiger partial charge in [0.05, 0.1) is 30.0 Å². The molecule has 5 rings (SSSR count). The van der Waals surface area contributed by atoms with Gasteiger partial charge < -0.3 is 15.0 Å². The SMILES string of the molecule is COc1cc(N(C)C(=O)c2ccc3ncn(-c4ccc(NC(=O)C5CC5)nc4)c3c2)ccc1F. The normalized spacial score (nSPS) is 13.0. The predicted molar refractivity (Wildman–Crippen MR) is 126 cm³/mol. The Morgan fingerprint density at radius 3 is 2.65 bits per heavy atom. The molecular formula is C25H22FN5O3. The van der Waals surface area contributed by atoms with Crippen LogP contribution >= 0.6 is 0 Å². The molecule has 2 heterocycles. The summed E-state index contributed by atoms with van der Waals surface area (Å²) >= 11 is 0. The van der Waals surface area contributed by atoms with Crippen LogP contribution in [0.4, 0.5) is 15.9 Å². The van der Waals surface area contributed by atoms with E-state index in [9.17, 15) is 14.0 Å². The molecule has 0 radical (unpaired) electrons. The number of halogens is 1. The highest BCUT2D eigenvalue weighted by molar-refractivity contribution is 6.07. The van der Waals surface area contributed by atoms with Crippen molar-refractivity contribution in [3.63, 3.8) is 0 Å². The maximum Gasteiger partial charge on any atom is 0.258 e. The molecule has 1 aliphatic carbocycles. The van der Waals surface area contributed by atoms with Gasteiger partial charge in [-0.05, 0) is 55.3 Å². The summed E-state index contributed by atoms with van der Waals surface area (Å²) in [4.78, 5) is 35.3. The van der Waals surface area contributed by atoms with E-state index in [4.69, 9.17) is 4.74 Å². The van der Waals surface area contributed by atoms with Gasteiger partial charge in [0.2, 0.25) is 5.91 Å². The minimum absolute atomic E-state index is 0.000575. The lowest BCUT2D eigenvalue weighted by Gasteiger charge is -2.18. The monoisotopic (exact) mass is 459 g/mol. The second kappa shape index (κ2) is 8.58. The zero-order chi connectivity index (χ0) is 23.8. The molecule has 2 aromatic heterocycles. The van der Waals surface area contributed by atoms with Crippen molar-refractivity contribution in [1.29, 1.82) is 0 Å². The van der Waals surface area contributed by atoms with Crippen molar-refractivity contribution in [2.24, 2.45) is 5.92 Å². The number of hydrogen-bond donors (Lipinski definition) is 1. The van der Waals surface area contributed by atoms with E-state index < -0.39 is 5.82 Å². The minimum Gasteiger partial charge on any atom is -0.494 e. The molecule has 1 N–H and O–H groups in total. The zero-order valence-electron chi connectivity index (χ0n) is 18.7. The van der Waals surface area contributed by atoms with Crippen LogP contribution in [0.25, 0.3) is 16.7 Å². The van der Waals surface area contributed by atoms with Gasteiger partial charge in [-0.25, -0.2) is 14.4 Å². The maximum atomic E-state index is 13.8. The first-order valence-electron chi connectivity index (χ1n) is 10.8. The van der Waals surface area contributed by atoms with Crippen LogP contribution in [0, 0.1) is 11.7 Å². The van der Waals surface area contributed by atoms with Gasteiger partial charge in [-0.2, -0.15) is 0 Å². The van der Waals surface area contributed by atoms with Crippen LogP contribution < -0.4 is 15.0 Å². The quantitative estimate of drug-likeness (QED) is 0.467. The number of amides is 2. The van der Waals surface area contributed by atoms with Gasteiger partial charge in [-0.1, -0.05) is 0 Å². The van der Waals surface area contributed by atoms with Crippen LogP contribution in [-0.4, -0.2) is 40.5 Å². The number of carbonyl (C=O) groups is 2. The van der Waals surface area contributed by atoms with Crippen molar-refractivity contribution in [2.45, 2.75) is 12.8 Å². The highest BCUT2D eigenvalue weighted by atomic mass is 19.1. The first kappa shape index (κ1) is 21.6. The van der Waals surface area contributed by atoms with Gasteiger partial charge in [0, 0.05) is 30.3 Å². The van der Waals surface area contributed by atoms with Gasteiger partial charge in [-0.15, -0.1) is 0 Å². The number of benzene rings is 2. The molecule has 4 aromatic rings. The first-order valence-corrected chi connectivity index (χ1v) is 10.8. The average Bonchev–Trinajstić information content (AvgIpc) is 3.63. The summed E-state index contributed by atoms with van der Waals surface area (Å²) in [6, 6.07) is 13.1. The second-order valence-electron chi connectivity index (χ2n) is 8.17. The molecule has 0 bridgehead atoms. The van der Waals surface area contributed by atoms with Gasteiger partial charge in [0.15, 0.2) is 11.6 Å². The molecule has 2 amide bonds. The van der Waals surface area contributed by atoms with Crippen LogP contribution in [0.1, 0.15) is 23.2 Å². The lowest BCUT2D eigenvalue weighted by molar-refractivity contribution is -0.117. The van der Waals surface area contributed by atoms with Crippen LogP contribution in [0.5, 0.6) is 5.75 Å². The van der Waals surface area contributed by atoms with Gasteiger partial charge >= 0.3 is 0 Å². The molecule has 1 saturated carbocycles. The summed E-state index contributed by atoms with van der Waals surface area (Å²) in [6.07, 6.45) is 5.16. The van der Waals surface area contributed by atoms with Gasteiger partial charge in [0.25, 0.3) is 5.91 Å². The molecule has 172 valence electrons. The van der Waals surface area contributed by atoms with Crippen molar-refractivity contribution in [1.82, 2.24) is 14.5 Å². The highest BCUT2D eigenvalue weighted by Crippen LogP contribution is 2.30. The molecule has 2 aromatic carbocycles. The number of anilines is 2. The summed E-state index contributed by atoms with van der Waals surface area (Å²) in [6.45, 7) is 0. The van der Waals surface area contributed by atoms with E-state index in [1.807, 2.05) is 10.6 Å². The Morgan fingerprint density at radius 1 is 1.12 bits per heavy atom. The fourth-order valence-electron chi connectivity index (χ4n) is 3.69. The van der Waals surface area contributed by atoms with Crippen molar-refractivity contribution >= 4 is 34.4 Å². The number of nitrogens with one attached hydrogen (secondary N) is 1. The maximum absolute atomic E-state index is 13.8. The molecule has 9 heteroatoms. The highest BCUT2D eigenvalue weighted by Gasteiger charge is 2.29. The lowest BCUT2D eigenvalue weighted by atomic mass is 10.1. The number of nitrogens with zero attached hydrogens (tertiary/aromatic N) is 4. The van der Waals surface area contributed by atoms with E-state index in [0.29, 0.717) is 22.6 Å². The number of rotatable bonds is 6. The van der Waals surface area contributed by atoms with Crippen LogP contribution in [0.2, 0.25) is 0 Å². The third kappa shape index (κ3) is 4.07. The molecule has 1 fully saturated rings. The Morgan fingerprint density at radius 2 is 1.94 bits per heavy atom. The van der Waals surface area contributed by atoms with Crippen LogP contribution in [0.15, 0.2) is 61.1 Å². The Bertz CT molecular complexity index is 1400. The molecular weight excluding hydrogens is 437 g/mol. The Balaban J connectivity index is 1.41. The lowest BCUT2D eigenvalue weighted by Crippen LogP contribution is -2.26. The molecule has 0 atom stereocenters. The van der Waals surface area contributed by atoms with E-state index in [0.717, 1.165) is 24.0 Å². The summed E-state index contributed by atoms with van der Waals surface area (Å²) < 4.78 is 20.6. The molecule has 34 heavy (non-hydrogen) atoms. The van der Waals surface area contributed by atoms with E-state index in [-0.39, 0.29) is 23.5 Å². The standard InChI is InChI=1S/C25H22FN5O3/c1-30(17-6-8-19(26)22(12-17)34-2)25(33)16-5-9-20-21(11-16)31(14-28-20)18-7-10-23(27-13-18)29-24(32)15-3-4-15/h5-15H,3-4H2,1-2H3,(H,27,29,32). The molecule has 1 aliphatic rings.